The van der Waals surface area contributed by atoms with E-state index in [1.54, 1.807) is 0 Å². The largest absolute Gasteiger partial charge is 0.465 e. The predicted octanol–water partition coefficient (Wildman–Crippen LogP) is 2.04. The summed E-state index contributed by atoms with van der Waals surface area (Å²) in [6.45, 7) is 12.0. The second kappa shape index (κ2) is 6.41. The van der Waals surface area contributed by atoms with Crippen molar-refractivity contribution in [1.82, 2.24) is 10.2 Å². The first kappa shape index (κ1) is 15.7. The summed E-state index contributed by atoms with van der Waals surface area (Å²) >= 11 is 0. The Morgan fingerprint density at radius 3 is 2.60 bits per heavy atom. The molecule has 20 heavy (non-hydrogen) atoms. The first-order valence-electron chi connectivity index (χ1n) is 7.24. The zero-order valence-corrected chi connectivity index (χ0v) is 13.8. The van der Waals surface area contributed by atoms with Gasteiger partial charge in [0.15, 0.2) is 0 Å². The van der Waals surface area contributed by atoms with Crippen molar-refractivity contribution in [2.45, 2.75) is 46.3 Å². The van der Waals surface area contributed by atoms with Crippen LogP contribution in [0.3, 0.4) is 0 Å². The molecule has 1 aliphatic heterocycles. The third-order valence-corrected chi connectivity index (χ3v) is 4.81. The number of aryl methyl sites for hydroxylation is 1. The van der Waals surface area contributed by atoms with Gasteiger partial charge in [0.05, 0.1) is 6.54 Å². The molecule has 0 bridgehead atoms. The fourth-order valence-electron chi connectivity index (χ4n) is 2.26. The van der Waals surface area contributed by atoms with Crippen LogP contribution in [-0.4, -0.2) is 39.2 Å². The number of nitrogens with one attached hydrogen (secondary N) is 1. The highest BCUT2D eigenvalue weighted by atomic mass is 32.2. The van der Waals surface area contributed by atoms with Crippen molar-refractivity contribution in [3.05, 3.63) is 23.2 Å². The van der Waals surface area contributed by atoms with E-state index in [4.69, 9.17) is 4.42 Å². The van der Waals surface area contributed by atoms with Gasteiger partial charge < -0.3 is 9.73 Å². The number of rotatable bonds is 4. The van der Waals surface area contributed by atoms with Gasteiger partial charge >= 0.3 is 0 Å². The maximum absolute atomic E-state index is 11.4. The lowest BCUT2D eigenvalue weighted by atomic mass is 10.1. The number of furan rings is 1. The van der Waals surface area contributed by atoms with Crippen LogP contribution in [0.15, 0.2) is 10.5 Å². The Balaban J connectivity index is 1.91. The third kappa shape index (κ3) is 4.72. The molecule has 0 amide bonds. The van der Waals surface area contributed by atoms with E-state index in [1.807, 2.05) is 6.92 Å². The molecular weight excluding hydrogens is 272 g/mol. The molecule has 0 aromatic carbocycles. The smallest absolute Gasteiger partial charge is 0.118 e. The van der Waals surface area contributed by atoms with Crippen LogP contribution in [0.25, 0.3) is 0 Å². The van der Waals surface area contributed by atoms with Gasteiger partial charge in [-0.15, -0.1) is 0 Å². The molecule has 1 fully saturated rings. The summed E-state index contributed by atoms with van der Waals surface area (Å²) in [6, 6.07) is 2.15. The Morgan fingerprint density at radius 1 is 1.35 bits per heavy atom. The van der Waals surface area contributed by atoms with Gasteiger partial charge in [0.1, 0.15) is 11.5 Å². The molecule has 0 unspecified atom stereocenters. The molecule has 0 aliphatic carbocycles. The van der Waals surface area contributed by atoms with Crippen molar-refractivity contribution < 1.29 is 8.63 Å². The molecule has 0 spiro atoms. The van der Waals surface area contributed by atoms with Gasteiger partial charge in [-0.3, -0.25) is 9.11 Å². The van der Waals surface area contributed by atoms with Crippen LogP contribution >= 0.6 is 0 Å². The van der Waals surface area contributed by atoms with Crippen LogP contribution in [0.2, 0.25) is 0 Å². The van der Waals surface area contributed by atoms with Gasteiger partial charge in [0, 0.05) is 53.0 Å². The fourth-order valence-corrected chi connectivity index (χ4v) is 3.38. The maximum atomic E-state index is 11.4. The molecule has 0 saturated carbocycles. The van der Waals surface area contributed by atoms with Crippen LogP contribution < -0.4 is 5.32 Å². The lowest BCUT2D eigenvalue weighted by Crippen LogP contribution is -2.37. The minimum atomic E-state index is -0.613. The predicted molar refractivity (Wildman–Crippen MR) is 83.2 cm³/mol. The van der Waals surface area contributed by atoms with Gasteiger partial charge in [-0.25, -0.2) is 0 Å². The van der Waals surface area contributed by atoms with Crippen LogP contribution in [0.5, 0.6) is 0 Å². The van der Waals surface area contributed by atoms with Crippen molar-refractivity contribution in [2.75, 3.05) is 24.6 Å². The number of hydrogen-bond acceptors (Lipinski definition) is 4. The number of hydrogen-bond donors (Lipinski definition) is 1. The molecular formula is C15H26N2O2S. The molecule has 2 heterocycles. The van der Waals surface area contributed by atoms with Crippen LogP contribution in [0, 0.1) is 6.92 Å². The first-order valence-corrected chi connectivity index (χ1v) is 8.73. The zero-order chi connectivity index (χ0) is 14.8. The number of nitrogens with zero attached hydrogens (tertiary/aromatic N) is 1. The second-order valence-corrected chi connectivity index (χ2v) is 8.22. The first-order chi connectivity index (χ1) is 9.33. The van der Waals surface area contributed by atoms with E-state index in [0.29, 0.717) is 0 Å². The minimum Gasteiger partial charge on any atom is -0.465 e. The third-order valence-electron chi connectivity index (χ3n) is 3.53. The van der Waals surface area contributed by atoms with Gasteiger partial charge in [-0.05, 0) is 33.8 Å². The van der Waals surface area contributed by atoms with Gasteiger partial charge in [0.2, 0.25) is 0 Å². The SMILES string of the molecule is Cc1oc(CN2CCS(=O)CC2)cc1CNC(C)(C)C. The van der Waals surface area contributed by atoms with Crippen molar-refractivity contribution in [2.24, 2.45) is 0 Å². The Bertz CT molecular complexity index is 467. The highest BCUT2D eigenvalue weighted by molar-refractivity contribution is 7.85. The van der Waals surface area contributed by atoms with Crippen molar-refractivity contribution in [1.29, 1.82) is 0 Å². The summed E-state index contributed by atoms with van der Waals surface area (Å²) < 4.78 is 17.2. The molecule has 1 N–H and O–H groups in total. The highest BCUT2D eigenvalue weighted by Gasteiger charge is 2.18. The second-order valence-electron chi connectivity index (χ2n) is 6.52. The minimum absolute atomic E-state index is 0.112. The van der Waals surface area contributed by atoms with Crippen LogP contribution in [-0.2, 0) is 23.9 Å². The summed E-state index contributed by atoms with van der Waals surface area (Å²) in [6.07, 6.45) is 0. The van der Waals surface area contributed by atoms with E-state index in [-0.39, 0.29) is 5.54 Å². The zero-order valence-electron chi connectivity index (χ0n) is 13.0. The average Bonchev–Trinajstić information content (AvgIpc) is 2.69. The van der Waals surface area contributed by atoms with Crippen LogP contribution in [0.4, 0.5) is 0 Å². The molecule has 0 atom stereocenters. The molecule has 1 aromatic heterocycles. The lowest BCUT2D eigenvalue weighted by Gasteiger charge is -2.24. The van der Waals surface area contributed by atoms with E-state index >= 15 is 0 Å². The summed E-state index contributed by atoms with van der Waals surface area (Å²) in [5.74, 6) is 3.59. The Hall–Kier alpha value is -0.650. The lowest BCUT2D eigenvalue weighted by molar-refractivity contribution is 0.263. The molecule has 5 heteroatoms. The highest BCUT2D eigenvalue weighted by Crippen LogP contribution is 2.18. The molecule has 114 valence electrons. The quantitative estimate of drug-likeness (QED) is 0.924. The van der Waals surface area contributed by atoms with Crippen LogP contribution in [0.1, 0.15) is 37.9 Å². The summed E-state index contributed by atoms with van der Waals surface area (Å²) in [7, 11) is -0.613. The van der Waals surface area contributed by atoms with E-state index in [2.05, 4.69) is 37.1 Å². The molecule has 2 rings (SSSR count). The van der Waals surface area contributed by atoms with Crippen molar-refractivity contribution >= 4 is 10.8 Å². The van der Waals surface area contributed by atoms with Gasteiger partial charge in [0.25, 0.3) is 0 Å². The molecule has 0 radical (unpaired) electrons. The monoisotopic (exact) mass is 298 g/mol. The standard InChI is InChI=1S/C15H26N2O2S/c1-12-13(10-16-15(2,3)4)9-14(19-12)11-17-5-7-20(18)8-6-17/h9,16H,5-8,10-11H2,1-4H3. The van der Waals surface area contributed by atoms with E-state index < -0.39 is 10.8 Å². The summed E-state index contributed by atoms with van der Waals surface area (Å²) in [5, 5.41) is 3.49. The molecule has 1 aliphatic rings. The molecule has 1 saturated heterocycles. The molecule has 1 aromatic rings. The fraction of sp³-hybridized carbons (Fsp3) is 0.733. The average molecular weight is 298 g/mol. The Kier molecular flexibility index (Phi) is 5.04. The van der Waals surface area contributed by atoms with E-state index in [1.165, 1.54) is 5.56 Å². The normalized spacial score (nSPS) is 18.6. The van der Waals surface area contributed by atoms with Crippen molar-refractivity contribution in [3.8, 4) is 0 Å². The van der Waals surface area contributed by atoms with Crippen molar-refractivity contribution in [3.63, 3.8) is 0 Å². The maximum Gasteiger partial charge on any atom is 0.118 e. The Morgan fingerprint density at radius 2 is 2.00 bits per heavy atom. The van der Waals surface area contributed by atoms with Gasteiger partial charge in [-0.2, -0.15) is 0 Å². The summed E-state index contributed by atoms with van der Waals surface area (Å²) in [5.41, 5.74) is 1.34. The molecule has 4 nitrogen and oxygen atoms in total. The topological polar surface area (TPSA) is 45.5 Å². The van der Waals surface area contributed by atoms with Gasteiger partial charge in [-0.1, -0.05) is 0 Å². The Labute approximate surface area is 124 Å². The van der Waals surface area contributed by atoms with E-state index in [0.717, 1.165) is 49.2 Å². The summed E-state index contributed by atoms with van der Waals surface area (Å²) in [4.78, 5) is 2.32. The van der Waals surface area contributed by atoms with E-state index in [9.17, 15) is 4.21 Å².